The molecule has 2 aliphatic carbocycles. The van der Waals surface area contributed by atoms with Gasteiger partial charge in [0.15, 0.2) is 5.82 Å². The van der Waals surface area contributed by atoms with Crippen molar-refractivity contribution in [1.29, 1.82) is 0 Å². The summed E-state index contributed by atoms with van der Waals surface area (Å²) in [6, 6.07) is 0.782. The van der Waals surface area contributed by atoms with Crippen molar-refractivity contribution in [2.75, 3.05) is 24.6 Å². The fourth-order valence-electron chi connectivity index (χ4n) is 5.04. The van der Waals surface area contributed by atoms with Crippen molar-refractivity contribution in [3.63, 3.8) is 0 Å². The molecule has 3 heterocycles. The molecule has 2 unspecified atom stereocenters. The first-order chi connectivity index (χ1) is 11.9. The van der Waals surface area contributed by atoms with Gasteiger partial charge in [0.1, 0.15) is 5.82 Å². The molecule has 4 nitrogen and oxygen atoms in total. The highest BCUT2D eigenvalue weighted by Crippen LogP contribution is 2.48. The minimum absolute atomic E-state index is 0.0361. The summed E-state index contributed by atoms with van der Waals surface area (Å²) in [7, 11) is 0. The van der Waals surface area contributed by atoms with Crippen LogP contribution in [0.2, 0.25) is 0 Å². The van der Waals surface area contributed by atoms with Gasteiger partial charge in [-0.1, -0.05) is 0 Å². The number of nitrogens with zero attached hydrogens (tertiary/aromatic N) is 4. The maximum absolute atomic E-state index is 5.07. The third kappa shape index (κ3) is 2.95. The molecule has 1 aromatic heterocycles. The average Bonchev–Trinajstić information content (AvgIpc) is 3.00. The van der Waals surface area contributed by atoms with Gasteiger partial charge in [-0.3, -0.25) is 4.90 Å². The van der Waals surface area contributed by atoms with E-state index in [9.17, 15) is 0 Å². The molecule has 0 radical (unpaired) electrons. The zero-order chi connectivity index (χ0) is 17.2. The molecular formula is C20H32N4S. The maximum atomic E-state index is 5.07. The van der Waals surface area contributed by atoms with Crippen LogP contribution in [0.3, 0.4) is 0 Å². The predicted molar refractivity (Wildman–Crippen MR) is 103 cm³/mol. The van der Waals surface area contributed by atoms with Crippen LogP contribution in [0.4, 0.5) is 0 Å². The van der Waals surface area contributed by atoms with Crippen LogP contribution in [0.15, 0.2) is 0 Å². The Morgan fingerprint density at radius 3 is 2.44 bits per heavy atom. The lowest BCUT2D eigenvalue weighted by molar-refractivity contribution is 0.216. The van der Waals surface area contributed by atoms with E-state index in [1.54, 1.807) is 0 Å². The smallest absolute Gasteiger partial charge is 0.154 e. The summed E-state index contributed by atoms with van der Waals surface area (Å²) in [5.41, 5.74) is 0.724. The van der Waals surface area contributed by atoms with Gasteiger partial charge >= 0.3 is 0 Å². The predicted octanol–water partition coefficient (Wildman–Crippen LogP) is 3.99. The summed E-state index contributed by atoms with van der Waals surface area (Å²) < 4.78 is 2.27. The molecule has 5 heteroatoms. The molecule has 0 aromatic carbocycles. The fourth-order valence-corrected chi connectivity index (χ4v) is 6.30. The Balaban J connectivity index is 1.33. The molecule has 5 rings (SSSR count). The molecule has 2 saturated carbocycles. The molecule has 25 heavy (non-hydrogen) atoms. The number of thioether (sulfide) groups is 1. The highest BCUT2D eigenvalue weighted by atomic mass is 32.2. The van der Waals surface area contributed by atoms with Crippen LogP contribution in [0.1, 0.15) is 82.8 Å². The number of hydrogen-bond acceptors (Lipinski definition) is 4. The highest BCUT2D eigenvalue weighted by Gasteiger charge is 2.46. The van der Waals surface area contributed by atoms with Gasteiger partial charge in [0, 0.05) is 41.3 Å². The summed E-state index contributed by atoms with van der Waals surface area (Å²) in [6.45, 7) is 9.50. The normalized spacial score (nSPS) is 32.4. The second kappa shape index (κ2) is 5.72. The SMILES string of the molecule is CC(C)(C)n1nc(C2CC2)nc1C1CCC(N2CCC3(CSC3)C2)C1. The molecule has 138 valence electrons. The number of rotatable bonds is 3. The van der Waals surface area contributed by atoms with Crippen LogP contribution in [0.5, 0.6) is 0 Å². The van der Waals surface area contributed by atoms with Gasteiger partial charge in [-0.05, 0) is 65.8 Å². The van der Waals surface area contributed by atoms with Crippen molar-refractivity contribution in [3.05, 3.63) is 11.6 Å². The molecule has 1 aromatic rings. The van der Waals surface area contributed by atoms with Crippen molar-refractivity contribution in [2.45, 2.75) is 82.7 Å². The van der Waals surface area contributed by atoms with E-state index < -0.39 is 0 Å². The zero-order valence-electron chi connectivity index (χ0n) is 16.0. The molecule has 4 fully saturated rings. The molecule has 2 atom stereocenters. The molecule has 1 spiro atoms. The van der Waals surface area contributed by atoms with Crippen LogP contribution < -0.4 is 0 Å². The highest BCUT2D eigenvalue weighted by molar-refractivity contribution is 8.00. The zero-order valence-corrected chi connectivity index (χ0v) is 16.8. The third-order valence-electron chi connectivity index (χ3n) is 6.80. The van der Waals surface area contributed by atoms with Gasteiger partial charge in [-0.2, -0.15) is 16.9 Å². The van der Waals surface area contributed by atoms with Gasteiger partial charge in [0.05, 0.1) is 5.54 Å². The first kappa shape index (κ1) is 16.6. The van der Waals surface area contributed by atoms with Gasteiger partial charge in [0.2, 0.25) is 0 Å². The Kier molecular flexibility index (Phi) is 3.80. The first-order valence-corrected chi connectivity index (χ1v) is 11.4. The lowest BCUT2D eigenvalue weighted by atomic mass is 9.91. The molecule has 0 bridgehead atoms. The lowest BCUT2D eigenvalue weighted by Gasteiger charge is -2.38. The molecule has 4 aliphatic rings. The van der Waals surface area contributed by atoms with Crippen molar-refractivity contribution in [1.82, 2.24) is 19.7 Å². The minimum Gasteiger partial charge on any atom is -0.300 e. The Bertz CT molecular complexity index is 653. The van der Waals surface area contributed by atoms with E-state index >= 15 is 0 Å². The van der Waals surface area contributed by atoms with E-state index in [4.69, 9.17) is 10.1 Å². The van der Waals surface area contributed by atoms with Crippen LogP contribution in [-0.4, -0.2) is 50.3 Å². The molecule has 0 N–H and O–H groups in total. The monoisotopic (exact) mass is 360 g/mol. The second-order valence-electron chi connectivity index (χ2n) is 10.1. The summed E-state index contributed by atoms with van der Waals surface area (Å²) in [5, 5.41) is 4.95. The van der Waals surface area contributed by atoms with Crippen molar-refractivity contribution < 1.29 is 0 Å². The van der Waals surface area contributed by atoms with E-state index in [-0.39, 0.29) is 5.54 Å². The Morgan fingerprint density at radius 1 is 1.08 bits per heavy atom. The van der Waals surface area contributed by atoms with Gasteiger partial charge in [-0.25, -0.2) is 9.67 Å². The number of likely N-dealkylation sites (tertiary alicyclic amines) is 1. The summed E-state index contributed by atoms with van der Waals surface area (Å²) in [5.74, 6) is 6.47. The minimum atomic E-state index is 0.0361. The Hall–Kier alpha value is -0.550. The summed E-state index contributed by atoms with van der Waals surface area (Å²) in [4.78, 5) is 7.89. The second-order valence-corrected chi connectivity index (χ2v) is 11.0. The van der Waals surface area contributed by atoms with Crippen LogP contribution in [-0.2, 0) is 5.54 Å². The number of hydrogen-bond donors (Lipinski definition) is 0. The van der Waals surface area contributed by atoms with E-state index in [0.29, 0.717) is 17.3 Å². The van der Waals surface area contributed by atoms with Gasteiger partial charge < -0.3 is 0 Å². The van der Waals surface area contributed by atoms with Crippen LogP contribution in [0.25, 0.3) is 0 Å². The van der Waals surface area contributed by atoms with Crippen molar-refractivity contribution >= 4 is 11.8 Å². The topological polar surface area (TPSA) is 34.0 Å². The van der Waals surface area contributed by atoms with Crippen molar-refractivity contribution in [2.24, 2.45) is 5.41 Å². The van der Waals surface area contributed by atoms with E-state index in [1.165, 1.54) is 68.9 Å². The fraction of sp³-hybridized carbons (Fsp3) is 0.900. The first-order valence-electron chi connectivity index (χ1n) is 10.2. The number of aromatic nitrogens is 3. The largest absolute Gasteiger partial charge is 0.300 e. The van der Waals surface area contributed by atoms with Crippen molar-refractivity contribution in [3.8, 4) is 0 Å². The van der Waals surface area contributed by atoms with E-state index in [1.807, 2.05) is 0 Å². The van der Waals surface area contributed by atoms with Crippen LogP contribution >= 0.6 is 11.8 Å². The molecule has 0 amide bonds. The van der Waals surface area contributed by atoms with E-state index in [2.05, 4.69) is 42.1 Å². The Labute approximate surface area is 156 Å². The lowest BCUT2D eigenvalue weighted by Crippen LogP contribution is -2.40. The van der Waals surface area contributed by atoms with Gasteiger partial charge in [0.25, 0.3) is 0 Å². The molecule has 2 aliphatic heterocycles. The molecule has 2 saturated heterocycles. The quantitative estimate of drug-likeness (QED) is 0.816. The summed E-state index contributed by atoms with van der Waals surface area (Å²) >= 11 is 2.14. The van der Waals surface area contributed by atoms with Gasteiger partial charge in [-0.15, -0.1) is 0 Å². The standard InChI is InChI=1S/C20H32N4S/c1-19(2,3)24-18(21-17(22-24)14-4-5-14)15-6-7-16(10-15)23-9-8-20(11-23)12-25-13-20/h14-16H,4-13H2,1-3H3. The summed E-state index contributed by atoms with van der Waals surface area (Å²) in [6.07, 6.45) is 7.95. The Morgan fingerprint density at radius 2 is 1.84 bits per heavy atom. The van der Waals surface area contributed by atoms with E-state index in [0.717, 1.165) is 11.9 Å². The molecular weight excluding hydrogens is 328 g/mol. The van der Waals surface area contributed by atoms with Crippen LogP contribution in [0, 0.1) is 5.41 Å². The maximum Gasteiger partial charge on any atom is 0.154 e. The third-order valence-corrected chi connectivity index (χ3v) is 8.43. The average molecular weight is 361 g/mol.